The molecule has 1 aromatic rings. The van der Waals surface area contributed by atoms with Crippen LogP contribution in [-0.4, -0.2) is 15.5 Å². The number of aryl methyl sites for hydroxylation is 2. The lowest BCUT2D eigenvalue weighted by Gasteiger charge is -2.10. The quantitative estimate of drug-likeness (QED) is 0.798. The molecule has 0 fully saturated rings. The molecule has 4 nitrogen and oxygen atoms in total. The normalized spacial score (nSPS) is 11.7. The molecule has 0 saturated heterocycles. The number of hydrogen-bond acceptors (Lipinski definition) is 3. The van der Waals surface area contributed by atoms with Crippen LogP contribution in [0.3, 0.4) is 0 Å². The molecule has 0 unspecified atom stereocenters. The van der Waals surface area contributed by atoms with E-state index in [-0.39, 0.29) is 4.90 Å². The highest BCUT2D eigenvalue weighted by Gasteiger charge is 2.13. The van der Waals surface area contributed by atoms with Crippen molar-refractivity contribution in [3.8, 4) is 0 Å². The number of nitrogens with one attached hydrogen (secondary N) is 1. The minimum atomic E-state index is -3.62. The van der Waals surface area contributed by atoms with Gasteiger partial charge in [-0.3, -0.25) is 0 Å². The van der Waals surface area contributed by atoms with Crippen molar-refractivity contribution in [2.24, 2.45) is 5.14 Å². The summed E-state index contributed by atoms with van der Waals surface area (Å²) in [4.78, 5) is 0.207. The Bertz CT molecular complexity index is 467. The average Bonchev–Trinajstić information content (AvgIpc) is 2.07. The second kappa shape index (κ2) is 4.30. The van der Waals surface area contributed by atoms with Gasteiger partial charge in [0.25, 0.3) is 0 Å². The molecule has 0 saturated carbocycles. The molecule has 0 aliphatic carbocycles. The number of rotatable bonds is 3. The molecule has 0 aliphatic rings. The minimum absolute atomic E-state index is 0.207. The third kappa shape index (κ3) is 2.77. The first kappa shape index (κ1) is 12.2. The molecule has 0 heterocycles. The van der Waals surface area contributed by atoms with Gasteiger partial charge in [0.1, 0.15) is 0 Å². The van der Waals surface area contributed by atoms with Crippen LogP contribution >= 0.6 is 0 Å². The Morgan fingerprint density at radius 3 is 2.33 bits per heavy atom. The van der Waals surface area contributed by atoms with Crippen molar-refractivity contribution in [3.05, 3.63) is 28.8 Å². The minimum Gasteiger partial charge on any atom is -0.316 e. The Morgan fingerprint density at radius 2 is 1.87 bits per heavy atom. The first-order valence-corrected chi connectivity index (χ1v) is 6.18. The third-order valence-electron chi connectivity index (χ3n) is 2.31. The van der Waals surface area contributed by atoms with E-state index in [9.17, 15) is 8.42 Å². The summed E-state index contributed by atoms with van der Waals surface area (Å²) in [6.07, 6.45) is 0. The van der Waals surface area contributed by atoms with Crippen molar-refractivity contribution >= 4 is 10.0 Å². The lowest BCUT2D eigenvalue weighted by atomic mass is 10.1. The molecule has 84 valence electrons. The summed E-state index contributed by atoms with van der Waals surface area (Å²) < 4.78 is 22.6. The van der Waals surface area contributed by atoms with Crippen LogP contribution in [0, 0.1) is 13.8 Å². The molecule has 0 amide bonds. The van der Waals surface area contributed by atoms with Gasteiger partial charge < -0.3 is 5.32 Å². The highest BCUT2D eigenvalue weighted by molar-refractivity contribution is 7.89. The molecule has 0 bridgehead atoms. The van der Waals surface area contributed by atoms with E-state index in [1.54, 1.807) is 13.0 Å². The lowest BCUT2D eigenvalue weighted by Crippen LogP contribution is -2.15. The molecule has 3 N–H and O–H groups in total. The summed E-state index contributed by atoms with van der Waals surface area (Å²) in [5.41, 5.74) is 2.70. The van der Waals surface area contributed by atoms with Gasteiger partial charge in [0, 0.05) is 6.54 Å². The van der Waals surface area contributed by atoms with Gasteiger partial charge >= 0.3 is 0 Å². The summed E-state index contributed by atoms with van der Waals surface area (Å²) in [6, 6.07) is 3.48. The summed E-state index contributed by atoms with van der Waals surface area (Å²) in [7, 11) is -1.80. The van der Waals surface area contributed by atoms with Crippen LogP contribution in [0.2, 0.25) is 0 Å². The van der Waals surface area contributed by atoms with Crippen LogP contribution in [0.25, 0.3) is 0 Å². The number of benzene rings is 1. The van der Waals surface area contributed by atoms with E-state index < -0.39 is 10.0 Å². The van der Waals surface area contributed by atoms with Crippen LogP contribution < -0.4 is 10.5 Å². The smallest absolute Gasteiger partial charge is 0.238 e. The molecule has 0 spiro atoms. The fourth-order valence-electron chi connectivity index (χ4n) is 1.56. The predicted molar refractivity (Wildman–Crippen MR) is 60.1 cm³/mol. The SMILES string of the molecule is CNCc1cc(S(N)(=O)=O)c(C)cc1C. The number of hydrogen-bond donors (Lipinski definition) is 2. The summed E-state index contributed by atoms with van der Waals surface area (Å²) in [5.74, 6) is 0. The van der Waals surface area contributed by atoms with Gasteiger partial charge in [0.15, 0.2) is 0 Å². The van der Waals surface area contributed by atoms with E-state index in [1.807, 2.05) is 20.0 Å². The Morgan fingerprint density at radius 1 is 1.27 bits per heavy atom. The molecule has 1 rings (SSSR count). The Kier molecular flexibility index (Phi) is 3.49. The lowest BCUT2D eigenvalue weighted by molar-refractivity contribution is 0.597. The van der Waals surface area contributed by atoms with Gasteiger partial charge in [0.05, 0.1) is 4.90 Å². The Labute approximate surface area is 90.5 Å². The summed E-state index contributed by atoms with van der Waals surface area (Å²) in [5, 5.41) is 8.11. The first-order valence-electron chi connectivity index (χ1n) is 4.63. The molecule has 0 aliphatic heterocycles. The van der Waals surface area contributed by atoms with E-state index in [0.717, 1.165) is 11.1 Å². The van der Waals surface area contributed by atoms with Crippen LogP contribution in [-0.2, 0) is 16.6 Å². The highest BCUT2D eigenvalue weighted by Crippen LogP contribution is 2.19. The number of nitrogens with two attached hydrogens (primary N) is 1. The van der Waals surface area contributed by atoms with E-state index in [1.165, 1.54) is 0 Å². The third-order valence-corrected chi connectivity index (χ3v) is 3.36. The first-order chi connectivity index (χ1) is 6.86. The fraction of sp³-hybridized carbons (Fsp3) is 0.400. The van der Waals surface area contributed by atoms with E-state index in [2.05, 4.69) is 5.32 Å². The van der Waals surface area contributed by atoms with Gasteiger partial charge in [-0.05, 0) is 43.7 Å². The van der Waals surface area contributed by atoms with Crippen molar-refractivity contribution in [1.82, 2.24) is 5.32 Å². The van der Waals surface area contributed by atoms with E-state index in [0.29, 0.717) is 12.1 Å². The zero-order valence-electron chi connectivity index (χ0n) is 9.16. The maximum absolute atomic E-state index is 11.3. The average molecular weight is 228 g/mol. The second-order valence-corrected chi connectivity index (χ2v) is 5.15. The molecule has 15 heavy (non-hydrogen) atoms. The predicted octanol–water partition coefficient (Wildman–Crippen LogP) is 0.670. The van der Waals surface area contributed by atoms with Crippen molar-refractivity contribution in [2.45, 2.75) is 25.3 Å². The maximum atomic E-state index is 11.3. The van der Waals surface area contributed by atoms with Crippen LogP contribution in [0.4, 0.5) is 0 Å². The van der Waals surface area contributed by atoms with Crippen molar-refractivity contribution in [3.63, 3.8) is 0 Å². The van der Waals surface area contributed by atoms with Crippen molar-refractivity contribution in [2.75, 3.05) is 7.05 Å². The molecular weight excluding hydrogens is 212 g/mol. The molecular formula is C10H16N2O2S. The number of sulfonamides is 1. The van der Waals surface area contributed by atoms with E-state index in [4.69, 9.17) is 5.14 Å². The van der Waals surface area contributed by atoms with Crippen molar-refractivity contribution < 1.29 is 8.42 Å². The summed E-state index contributed by atoms with van der Waals surface area (Å²) in [6.45, 7) is 4.33. The monoisotopic (exact) mass is 228 g/mol. The van der Waals surface area contributed by atoms with Gasteiger partial charge in [-0.15, -0.1) is 0 Å². The number of primary sulfonamides is 1. The maximum Gasteiger partial charge on any atom is 0.238 e. The zero-order chi connectivity index (χ0) is 11.6. The molecule has 5 heteroatoms. The van der Waals surface area contributed by atoms with E-state index >= 15 is 0 Å². The molecule has 0 aromatic heterocycles. The van der Waals surface area contributed by atoms with Gasteiger partial charge in [0.2, 0.25) is 10.0 Å². The van der Waals surface area contributed by atoms with Crippen LogP contribution in [0.15, 0.2) is 17.0 Å². The van der Waals surface area contributed by atoms with Crippen LogP contribution in [0.5, 0.6) is 0 Å². The summed E-state index contributed by atoms with van der Waals surface area (Å²) >= 11 is 0. The zero-order valence-corrected chi connectivity index (χ0v) is 9.98. The Balaban J connectivity index is 3.36. The van der Waals surface area contributed by atoms with Crippen molar-refractivity contribution in [1.29, 1.82) is 0 Å². The molecule has 0 atom stereocenters. The van der Waals surface area contributed by atoms with Crippen LogP contribution in [0.1, 0.15) is 16.7 Å². The van der Waals surface area contributed by atoms with Gasteiger partial charge in [-0.1, -0.05) is 6.07 Å². The largest absolute Gasteiger partial charge is 0.316 e. The second-order valence-electron chi connectivity index (χ2n) is 3.62. The topological polar surface area (TPSA) is 72.2 Å². The molecule has 0 radical (unpaired) electrons. The highest BCUT2D eigenvalue weighted by atomic mass is 32.2. The van der Waals surface area contributed by atoms with Gasteiger partial charge in [-0.25, -0.2) is 13.6 Å². The fourth-order valence-corrected chi connectivity index (χ4v) is 2.38. The Hall–Kier alpha value is -0.910. The van der Waals surface area contributed by atoms with Gasteiger partial charge in [-0.2, -0.15) is 0 Å². The molecule has 1 aromatic carbocycles. The standard InChI is InChI=1S/C10H16N2O2S/c1-7-4-8(2)10(15(11,13)14)5-9(7)6-12-3/h4-5,12H,6H2,1-3H3,(H2,11,13,14).